The van der Waals surface area contributed by atoms with Gasteiger partial charge in [-0.05, 0) is 39.7 Å². The largest absolute Gasteiger partial charge is 0.313 e. The van der Waals surface area contributed by atoms with Gasteiger partial charge in [-0.3, -0.25) is 0 Å². The highest BCUT2D eigenvalue weighted by Crippen LogP contribution is 2.30. The summed E-state index contributed by atoms with van der Waals surface area (Å²) in [4.78, 5) is 9.12. The summed E-state index contributed by atoms with van der Waals surface area (Å²) < 4.78 is 0. The average Bonchev–Trinajstić information content (AvgIpc) is 2.26. The topological polar surface area (TPSA) is 37.8 Å². The predicted molar refractivity (Wildman–Crippen MR) is 60.9 cm³/mol. The van der Waals surface area contributed by atoms with E-state index >= 15 is 0 Å². The Morgan fingerprint density at radius 3 is 2.87 bits per heavy atom. The van der Waals surface area contributed by atoms with Crippen LogP contribution >= 0.6 is 0 Å². The lowest BCUT2D eigenvalue weighted by molar-refractivity contribution is 0.480. The van der Waals surface area contributed by atoms with Gasteiger partial charge in [0.1, 0.15) is 5.82 Å². The van der Waals surface area contributed by atoms with E-state index in [0.717, 1.165) is 18.7 Å². The molecule has 3 heteroatoms. The predicted octanol–water partition coefficient (Wildman–Crippen LogP) is 1.94. The zero-order chi connectivity index (χ0) is 10.8. The number of nitrogens with zero attached hydrogens (tertiary/aromatic N) is 2. The molecule has 1 aliphatic rings. The number of aryl methyl sites for hydroxylation is 3. The van der Waals surface area contributed by atoms with E-state index < -0.39 is 0 Å². The average molecular weight is 205 g/mol. The maximum atomic E-state index is 4.57. The van der Waals surface area contributed by atoms with Gasteiger partial charge >= 0.3 is 0 Å². The number of fused-ring (bicyclic) bond motifs is 1. The Bertz CT molecular complexity index is 343. The van der Waals surface area contributed by atoms with Crippen molar-refractivity contribution in [2.75, 3.05) is 7.05 Å². The molecule has 1 aliphatic carbocycles. The minimum atomic E-state index is 0.462. The summed E-state index contributed by atoms with van der Waals surface area (Å²) >= 11 is 0. The molecular weight excluding hydrogens is 186 g/mol. The molecule has 2 rings (SSSR count). The van der Waals surface area contributed by atoms with E-state index in [4.69, 9.17) is 0 Å². The molecule has 0 aromatic carbocycles. The molecule has 0 fully saturated rings. The lowest BCUT2D eigenvalue weighted by atomic mass is 9.89. The Kier molecular flexibility index (Phi) is 3.00. The number of rotatable bonds is 2. The molecular formula is C12H19N3. The molecule has 0 amide bonds. The van der Waals surface area contributed by atoms with E-state index in [-0.39, 0.29) is 0 Å². The van der Waals surface area contributed by atoms with Crippen molar-refractivity contribution in [2.24, 2.45) is 0 Å². The van der Waals surface area contributed by atoms with Crippen LogP contribution in [-0.2, 0) is 12.8 Å². The van der Waals surface area contributed by atoms with Gasteiger partial charge in [-0.2, -0.15) is 0 Å². The van der Waals surface area contributed by atoms with Crippen molar-refractivity contribution in [3.8, 4) is 0 Å². The van der Waals surface area contributed by atoms with E-state index in [0.29, 0.717) is 6.04 Å². The molecule has 82 valence electrons. The van der Waals surface area contributed by atoms with Crippen molar-refractivity contribution in [3.63, 3.8) is 0 Å². The van der Waals surface area contributed by atoms with Gasteiger partial charge in [-0.1, -0.05) is 6.92 Å². The van der Waals surface area contributed by atoms with Gasteiger partial charge in [0.2, 0.25) is 0 Å². The summed E-state index contributed by atoms with van der Waals surface area (Å²) in [6.07, 6.45) is 4.56. The lowest BCUT2D eigenvalue weighted by Crippen LogP contribution is -2.25. The summed E-state index contributed by atoms with van der Waals surface area (Å²) in [5.41, 5.74) is 3.87. The Labute approximate surface area is 91.3 Å². The summed E-state index contributed by atoms with van der Waals surface area (Å²) in [7, 11) is 2.03. The molecule has 0 saturated carbocycles. The fourth-order valence-electron chi connectivity index (χ4n) is 2.47. The molecule has 0 spiro atoms. The van der Waals surface area contributed by atoms with Crippen LogP contribution in [-0.4, -0.2) is 17.0 Å². The summed E-state index contributed by atoms with van der Waals surface area (Å²) in [6, 6.07) is 0.462. The Balaban J connectivity index is 2.52. The van der Waals surface area contributed by atoms with Crippen LogP contribution in [0.4, 0.5) is 0 Å². The Morgan fingerprint density at radius 2 is 2.20 bits per heavy atom. The first kappa shape index (κ1) is 10.6. The first-order chi connectivity index (χ1) is 7.26. The molecule has 1 heterocycles. The van der Waals surface area contributed by atoms with Crippen LogP contribution in [0.3, 0.4) is 0 Å². The zero-order valence-electron chi connectivity index (χ0n) is 9.80. The first-order valence-electron chi connectivity index (χ1n) is 5.79. The first-order valence-corrected chi connectivity index (χ1v) is 5.79. The quantitative estimate of drug-likeness (QED) is 0.802. The molecule has 1 unspecified atom stereocenters. The van der Waals surface area contributed by atoms with Crippen molar-refractivity contribution in [2.45, 2.75) is 45.6 Å². The van der Waals surface area contributed by atoms with E-state index in [9.17, 15) is 0 Å². The van der Waals surface area contributed by atoms with Gasteiger partial charge in [0.15, 0.2) is 0 Å². The SMILES string of the molecule is CCc1nc(C)nc2c1C(NC)CCC2. The van der Waals surface area contributed by atoms with Gasteiger partial charge in [-0.25, -0.2) is 9.97 Å². The molecule has 15 heavy (non-hydrogen) atoms. The normalized spacial score (nSPS) is 20.1. The summed E-state index contributed by atoms with van der Waals surface area (Å²) in [6.45, 7) is 4.16. The minimum Gasteiger partial charge on any atom is -0.313 e. The second-order valence-electron chi connectivity index (χ2n) is 4.16. The minimum absolute atomic E-state index is 0.462. The van der Waals surface area contributed by atoms with Crippen molar-refractivity contribution < 1.29 is 0 Å². The van der Waals surface area contributed by atoms with Gasteiger partial charge in [0.05, 0.1) is 0 Å². The molecule has 3 nitrogen and oxygen atoms in total. The second-order valence-corrected chi connectivity index (χ2v) is 4.16. The third kappa shape index (κ3) is 1.88. The zero-order valence-corrected chi connectivity index (χ0v) is 9.80. The maximum absolute atomic E-state index is 4.57. The van der Waals surface area contributed by atoms with E-state index in [1.807, 2.05) is 14.0 Å². The molecule has 0 bridgehead atoms. The summed E-state index contributed by atoms with van der Waals surface area (Å²) in [5, 5.41) is 3.37. The van der Waals surface area contributed by atoms with Crippen LogP contribution in [0.1, 0.15) is 48.6 Å². The van der Waals surface area contributed by atoms with Crippen molar-refractivity contribution in [1.82, 2.24) is 15.3 Å². The van der Waals surface area contributed by atoms with Crippen LogP contribution in [0.15, 0.2) is 0 Å². The van der Waals surface area contributed by atoms with Crippen LogP contribution in [0.2, 0.25) is 0 Å². The molecule has 1 aromatic heterocycles. The number of nitrogens with one attached hydrogen (secondary N) is 1. The van der Waals surface area contributed by atoms with Crippen LogP contribution in [0, 0.1) is 6.92 Å². The third-order valence-corrected chi connectivity index (χ3v) is 3.15. The molecule has 1 atom stereocenters. The van der Waals surface area contributed by atoms with Crippen molar-refractivity contribution in [1.29, 1.82) is 0 Å². The van der Waals surface area contributed by atoms with E-state index in [2.05, 4.69) is 22.2 Å². The monoisotopic (exact) mass is 205 g/mol. The fraction of sp³-hybridized carbons (Fsp3) is 0.667. The van der Waals surface area contributed by atoms with Crippen molar-refractivity contribution in [3.05, 3.63) is 22.8 Å². The Hall–Kier alpha value is -0.960. The van der Waals surface area contributed by atoms with Crippen molar-refractivity contribution >= 4 is 0 Å². The van der Waals surface area contributed by atoms with Crippen LogP contribution < -0.4 is 5.32 Å². The lowest BCUT2D eigenvalue weighted by Gasteiger charge is -2.26. The van der Waals surface area contributed by atoms with E-state index in [1.165, 1.54) is 29.8 Å². The van der Waals surface area contributed by atoms with Gasteiger partial charge in [0, 0.05) is 23.0 Å². The highest BCUT2D eigenvalue weighted by Gasteiger charge is 2.23. The highest BCUT2D eigenvalue weighted by atomic mass is 14.9. The number of hydrogen-bond donors (Lipinski definition) is 1. The van der Waals surface area contributed by atoms with Gasteiger partial charge < -0.3 is 5.32 Å². The highest BCUT2D eigenvalue weighted by molar-refractivity contribution is 5.31. The molecule has 0 saturated heterocycles. The maximum Gasteiger partial charge on any atom is 0.125 e. The number of aromatic nitrogens is 2. The summed E-state index contributed by atoms with van der Waals surface area (Å²) in [5.74, 6) is 0.919. The van der Waals surface area contributed by atoms with E-state index in [1.54, 1.807) is 0 Å². The molecule has 1 N–H and O–H groups in total. The Morgan fingerprint density at radius 1 is 1.40 bits per heavy atom. The fourth-order valence-corrected chi connectivity index (χ4v) is 2.47. The van der Waals surface area contributed by atoms with Gasteiger partial charge in [0.25, 0.3) is 0 Å². The van der Waals surface area contributed by atoms with Gasteiger partial charge in [-0.15, -0.1) is 0 Å². The number of hydrogen-bond acceptors (Lipinski definition) is 3. The molecule has 0 aliphatic heterocycles. The smallest absolute Gasteiger partial charge is 0.125 e. The standard InChI is InChI=1S/C12H19N3/c1-4-9-12-10(13-3)6-5-7-11(12)15-8(2)14-9/h10,13H,4-7H2,1-3H3. The molecule has 1 aromatic rings. The third-order valence-electron chi connectivity index (χ3n) is 3.15. The second kappa shape index (κ2) is 4.27. The van der Waals surface area contributed by atoms with Crippen LogP contribution in [0.25, 0.3) is 0 Å². The van der Waals surface area contributed by atoms with Crippen LogP contribution in [0.5, 0.6) is 0 Å². The molecule has 0 radical (unpaired) electrons.